The van der Waals surface area contributed by atoms with Crippen LogP contribution in [0.2, 0.25) is 0 Å². The number of likely N-dealkylation sites (tertiary alicyclic amines) is 2. The SMILES string of the molecule is CC[C@H](C)[C@H](NC(=O)[C@@H](N)CCC(=O)O)C(=O)N[C@H](C(=O)N1CCC[C@H]1C(=O)N[C@@H](CCC(=O)O)C(=O)N[C@@H](CCCCN)C(=O)N[C@@H](CC(N)=O)C(=O)N1CCC[C@H]1C(=O)N[C@@H](CCC(N)=O)C(=O)N[C@@H](CC(C)C)C(=O)N[C@@H](CCCN=C(N)N)C(=O)O)[C@@H](C)O. The van der Waals surface area contributed by atoms with E-state index in [9.17, 15) is 87.2 Å². The topological polar surface area (TPSA) is 608 Å². The minimum atomic E-state index is -1.81. The zero-order valence-electron chi connectivity index (χ0n) is 53.4. The second-order valence-corrected chi connectivity index (χ2v) is 23.7. The van der Waals surface area contributed by atoms with Crippen molar-refractivity contribution in [2.75, 3.05) is 26.2 Å². The molecule has 0 aromatic rings. The van der Waals surface area contributed by atoms with Crippen molar-refractivity contribution < 1.29 is 92.3 Å². The third-order valence-electron chi connectivity index (χ3n) is 15.6. The number of carbonyl (C=O) groups excluding carboxylic acids is 12. The van der Waals surface area contributed by atoms with Crippen molar-refractivity contribution in [3.8, 4) is 0 Å². The van der Waals surface area contributed by atoms with Gasteiger partial charge in [-0.1, -0.05) is 34.1 Å². The van der Waals surface area contributed by atoms with E-state index in [1.165, 1.54) is 6.92 Å². The Kier molecular flexibility index (Phi) is 34.7. The van der Waals surface area contributed by atoms with Gasteiger partial charge in [0.15, 0.2) is 5.96 Å². The molecule has 0 aromatic heterocycles. The first-order valence-corrected chi connectivity index (χ1v) is 31.1. The number of carboxylic acid groups (broad SMARTS) is 3. The van der Waals surface area contributed by atoms with Crippen molar-refractivity contribution in [2.24, 2.45) is 51.2 Å². The molecule has 36 nitrogen and oxygen atoms in total. The van der Waals surface area contributed by atoms with E-state index in [1.807, 2.05) is 0 Å². The minimum absolute atomic E-state index is 0.0161. The molecule has 0 saturated carbocycles. The van der Waals surface area contributed by atoms with Gasteiger partial charge in [0, 0.05) is 38.9 Å². The molecule has 0 aliphatic carbocycles. The Hall–Kier alpha value is -8.80. The molecule has 0 bridgehead atoms. The molecule has 36 heteroatoms. The van der Waals surface area contributed by atoms with Crippen LogP contribution in [-0.4, -0.2) is 224 Å². The van der Waals surface area contributed by atoms with E-state index in [0.717, 1.165) is 9.80 Å². The van der Waals surface area contributed by atoms with Crippen LogP contribution in [0.15, 0.2) is 4.99 Å². The van der Waals surface area contributed by atoms with Crippen LogP contribution in [0, 0.1) is 11.8 Å². The molecule has 12 amide bonds. The maximum atomic E-state index is 14.5. The third kappa shape index (κ3) is 27.9. The standard InChI is InChI=1S/C57H97N17O19/c1-6-29(4)44(71-46(82)31(59)16-20-42(78)79)53(89)72-45(30(5)75)55(91)74-25-11-15-39(74)52(88)67-34(18-21-43(80)81)48(84)65-32(12-7-8-22-58)47(83)70-37(27-41(61)77)54(90)73-24-10-14-38(73)51(87)66-33(17-19-40(60)76)49(85)69-36(26-28(2)3)50(86)68-35(56(92)93)13-9-23-64-57(62)63/h28-39,44-45,75H,6-27,58-59H2,1-5H3,(H2,60,76)(H2,61,77)(H,65,84)(H,66,87)(H,67,88)(H,68,86)(H,69,85)(H,70,83)(H,71,82)(H,72,89)(H,78,79)(H,80,81)(H,92,93)(H4,62,63,64)/t29-,30+,31-,32-,33-,34-,35-,36-,37-,38-,39-,44-,45-/m0/s1. The number of aliphatic hydroxyl groups is 1. The molecule has 2 aliphatic heterocycles. The molecule has 24 N–H and O–H groups in total. The number of nitrogens with two attached hydrogens (primary N) is 6. The highest BCUT2D eigenvalue weighted by molar-refractivity contribution is 6.00. The number of aliphatic carboxylic acids is 3. The molecule has 2 heterocycles. The van der Waals surface area contributed by atoms with Crippen LogP contribution in [0.3, 0.4) is 0 Å². The number of hydrogen-bond acceptors (Lipinski definition) is 19. The van der Waals surface area contributed by atoms with Gasteiger partial charge in [0.2, 0.25) is 70.9 Å². The van der Waals surface area contributed by atoms with Crippen LogP contribution in [0.5, 0.6) is 0 Å². The van der Waals surface area contributed by atoms with E-state index < -0.39 is 206 Å². The molecule has 0 radical (unpaired) electrons. The van der Waals surface area contributed by atoms with Gasteiger partial charge in [-0.2, -0.15) is 0 Å². The lowest BCUT2D eigenvalue weighted by Crippen LogP contribution is -2.62. The van der Waals surface area contributed by atoms with Crippen molar-refractivity contribution >= 4 is 94.8 Å². The molecule has 93 heavy (non-hydrogen) atoms. The van der Waals surface area contributed by atoms with Gasteiger partial charge in [0.05, 0.1) is 18.6 Å². The lowest BCUT2D eigenvalue weighted by Gasteiger charge is -2.32. The van der Waals surface area contributed by atoms with E-state index in [4.69, 9.17) is 39.5 Å². The van der Waals surface area contributed by atoms with Crippen molar-refractivity contribution in [1.29, 1.82) is 0 Å². The van der Waals surface area contributed by atoms with Gasteiger partial charge >= 0.3 is 17.9 Å². The Morgan fingerprint density at radius 2 is 0.978 bits per heavy atom. The molecular weight excluding hydrogens is 1230 g/mol. The summed E-state index contributed by atoms with van der Waals surface area (Å²) in [5.74, 6) is -16.7. The van der Waals surface area contributed by atoms with Crippen molar-refractivity contribution in [1.82, 2.24) is 52.3 Å². The second kappa shape index (κ2) is 40.2. The highest BCUT2D eigenvalue weighted by atomic mass is 16.4. The van der Waals surface area contributed by atoms with Crippen LogP contribution < -0.4 is 76.9 Å². The summed E-state index contributed by atoms with van der Waals surface area (Å²) in [4.78, 5) is 206. The lowest BCUT2D eigenvalue weighted by molar-refractivity contribution is -0.145. The lowest BCUT2D eigenvalue weighted by atomic mass is 9.96. The molecule has 2 rings (SSSR count). The Bertz CT molecular complexity index is 2680. The number of carbonyl (C=O) groups is 15. The minimum Gasteiger partial charge on any atom is -0.481 e. The normalized spacial score (nSPS) is 18.0. The van der Waals surface area contributed by atoms with Gasteiger partial charge in [-0.3, -0.25) is 72.1 Å². The predicted octanol–water partition coefficient (Wildman–Crippen LogP) is -6.22. The quantitative estimate of drug-likeness (QED) is 0.0153. The first kappa shape index (κ1) is 80.3. The highest BCUT2D eigenvalue weighted by Crippen LogP contribution is 2.23. The van der Waals surface area contributed by atoms with E-state index in [1.54, 1.807) is 27.7 Å². The van der Waals surface area contributed by atoms with Crippen molar-refractivity contribution in [2.45, 2.75) is 223 Å². The summed E-state index contributed by atoms with van der Waals surface area (Å²) in [6, 6.07) is -16.6. The van der Waals surface area contributed by atoms with Crippen LogP contribution in [0.4, 0.5) is 0 Å². The van der Waals surface area contributed by atoms with Crippen molar-refractivity contribution in [3.63, 3.8) is 0 Å². The van der Waals surface area contributed by atoms with E-state index in [0.29, 0.717) is 12.8 Å². The largest absolute Gasteiger partial charge is 0.481 e. The number of primary amides is 2. The third-order valence-corrected chi connectivity index (χ3v) is 15.6. The summed E-state index contributed by atoms with van der Waals surface area (Å²) >= 11 is 0. The number of hydrogen-bond donors (Lipinski definition) is 18. The highest BCUT2D eigenvalue weighted by Gasteiger charge is 2.44. The maximum Gasteiger partial charge on any atom is 0.326 e. The summed E-state index contributed by atoms with van der Waals surface area (Å²) in [7, 11) is 0. The number of rotatable bonds is 43. The van der Waals surface area contributed by atoms with E-state index in [-0.39, 0.29) is 102 Å². The summed E-state index contributed by atoms with van der Waals surface area (Å²) in [5.41, 5.74) is 33.3. The smallest absolute Gasteiger partial charge is 0.326 e. The average Bonchev–Trinajstić information content (AvgIpc) is 1.78. The van der Waals surface area contributed by atoms with Gasteiger partial charge < -0.3 is 107 Å². The Labute approximate surface area is 538 Å². The van der Waals surface area contributed by atoms with Crippen LogP contribution >= 0.6 is 0 Å². The fourth-order valence-corrected chi connectivity index (χ4v) is 10.3. The number of nitrogens with zero attached hydrogens (tertiary/aromatic N) is 3. The Morgan fingerprint density at radius 3 is 1.45 bits per heavy atom. The molecule has 524 valence electrons. The monoisotopic (exact) mass is 1320 g/mol. The zero-order chi connectivity index (χ0) is 70.4. The second-order valence-electron chi connectivity index (χ2n) is 23.7. The van der Waals surface area contributed by atoms with Gasteiger partial charge in [-0.25, -0.2) is 4.79 Å². The first-order valence-electron chi connectivity index (χ1n) is 31.1. The molecule has 13 atom stereocenters. The fourth-order valence-electron chi connectivity index (χ4n) is 10.3. The Morgan fingerprint density at radius 1 is 0.516 bits per heavy atom. The number of carboxylic acids is 3. The summed E-state index contributed by atoms with van der Waals surface area (Å²) in [5, 5.41) is 59.1. The maximum absolute atomic E-state index is 14.5. The van der Waals surface area contributed by atoms with Gasteiger partial charge in [-0.05, 0) is 109 Å². The molecule has 0 unspecified atom stereocenters. The predicted molar refractivity (Wildman–Crippen MR) is 330 cm³/mol. The van der Waals surface area contributed by atoms with Crippen LogP contribution in [0.1, 0.15) is 150 Å². The van der Waals surface area contributed by atoms with Gasteiger partial charge in [-0.15, -0.1) is 0 Å². The van der Waals surface area contributed by atoms with E-state index in [2.05, 4.69) is 47.5 Å². The molecule has 0 spiro atoms. The molecule has 2 aliphatic rings. The number of unbranched alkanes of at least 4 members (excludes halogenated alkanes) is 1. The van der Waals surface area contributed by atoms with Crippen LogP contribution in [0.25, 0.3) is 0 Å². The number of amides is 12. The number of nitrogens with one attached hydrogen (secondary N) is 8. The van der Waals surface area contributed by atoms with Crippen molar-refractivity contribution in [3.05, 3.63) is 0 Å². The number of guanidine groups is 1. The van der Waals surface area contributed by atoms with Gasteiger partial charge in [0.1, 0.15) is 60.4 Å². The zero-order valence-corrected chi connectivity index (χ0v) is 53.4. The average molecular weight is 1320 g/mol. The Balaban J connectivity index is 2.43. The fraction of sp³-hybridized carbons (Fsp3) is 0.719. The molecule has 2 fully saturated rings. The number of aliphatic imine (C=N–C) groups is 1. The first-order chi connectivity index (χ1) is 43.6. The van der Waals surface area contributed by atoms with E-state index >= 15 is 0 Å². The molecular formula is C57H97N17O19. The molecule has 0 aromatic carbocycles. The summed E-state index contributed by atoms with van der Waals surface area (Å²) in [6.07, 6.45) is -4.31. The molecule has 2 saturated heterocycles. The van der Waals surface area contributed by atoms with Gasteiger partial charge in [0.25, 0.3) is 0 Å². The summed E-state index contributed by atoms with van der Waals surface area (Å²) < 4.78 is 0. The van der Waals surface area contributed by atoms with Crippen LogP contribution in [-0.2, 0) is 71.9 Å². The summed E-state index contributed by atoms with van der Waals surface area (Å²) in [6.45, 7) is 7.90. The number of aliphatic hydroxyl groups excluding tert-OH is 1.